The van der Waals surface area contributed by atoms with Crippen LogP contribution in [-0.2, 0) is 9.53 Å². The number of carbonyl (C=O) groups is 1. The van der Waals surface area contributed by atoms with Crippen molar-refractivity contribution in [2.24, 2.45) is 4.99 Å². The van der Waals surface area contributed by atoms with Crippen LogP contribution in [0.4, 0.5) is 4.39 Å². The normalized spacial score (nSPS) is 20.0. The largest absolute Gasteiger partial charge is 0.367 e. The molecule has 1 saturated heterocycles. The number of nitrogens with one attached hydrogen (secondary N) is 1. The van der Waals surface area contributed by atoms with Gasteiger partial charge in [0.15, 0.2) is 5.96 Å². The van der Waals surface area contributed by atoms with Gasteiger partial charge in [0.25, 0.3) is 0 Å². The molecule has 152 valence electrons. The summed E-state index contributed by atoms with van der Waals surface area (Å²) in [6.45, 7) is 6.55. The van der Waals surface area contributed by atoms with Crippen LogP contribution in [0, 0.1) is 5.82 Å². The van der Waals surface area contributed by atoms with Gasteiger partial charge < -0.3 is 19.9 Å². The van der Waals surface area contributed by atoms with E-state index in [9.17, 15) is 9.18 Å². The first-order valence-corrected chi connectivity index (χ1v) is 9.05. The summed E-state index contributed by atoms with van der Waals surface area (Å²) in [5.74, 6) is 0.584. The molecule has 0 aromatic heterocycles. The first-order chi connectivity index (χ1) is 12.4. The van der Waals surface area contributed by atoms with Gasteiger partial charge in [-0.1, -0.05) is 12.1 Å². The highest BCUT2D eigenvalue weighted by Gasteiger charge is 2.28. The summed E-state index contributed by atoms with van der Waals surface area (Å²) < 4.78 is 19.2. The van der Waals surface area contributed by atoms with E-state index in [1.807, 2.05) is 13.8 Å². The van der Waals surface area contributed by atoms with E-state index in [4.69, 9.17) is 4.74 Å². The van der Waals surface area contributed by atoms with Crippen LogP contribution in [0.25, 0.3) is 0 Å². The first-order valence-electron chi connectivity index (χ1n) is 9.05. The van der Waals surface area contributed by atoms with Crippen LogP contribution in [0.5, 0.6) is 0 Å². The molecule has 1 aromatic rings. The summed E-state index contributed by atoms with van der Waals surface area (Å²) in [5, 5.41) is 3.29. The number of nitrogens with zero attached hydrogens (tertiary/aromatic N) is 3. The molecule has 0 radical (unpaired) electrons. The van der Waals surface area contributed by atoms with Gasteiger partial charge in [-0.25, -0.2) is 4.39 Å². The Balaban J connectivity index is 0.00000364. The van der Waals surface area contributed by atoms with Crippen LogP contribution in [0.2, 0.25) is 0 Å². The van der Waals surface area contributed by atoms with Gasteiger partial charge in [-0.05, 0) is 31.5 Å². The van der Waals surface area contributed by atoms with Gasteiger partial charge in [-0.2, -0.15) is 0 Å². The molecule has 1 aromatic carbocycles. The quantitative estimate of drug-likeness (QED) is 0.390. The number of aliphatic imine (C=N–C) groups is 1. The van der Waals surface area contributed by atoms with Crippen molar-refractivity contribution in [3.05, 3.63) is 35.6 Å². The van der Waals surface area contributed by atoms with E-state index in [0.29, 0.717) is 26.1 Å². The molecule has 2 unspecified atom stereocenters. The Bertz CT molecular complexity index is 625. The van der Waals surface area contributed by atoms with Crippen molar-refractivity contribution in [2.45, 2.75) is 32.5 Å². The maximum Gasteiger partial charge on any atom is 0.223 e. The number of ether oxygens (including phenoxy) is 1. The molecule has 0 aliphatic carbocycles. The van der Waals surface area contributed by atoms with Crippen molar-refractivity contribution in [3.63, 3.8) is 0 Å². The predicted molar refractivity (Wildman–Crippen MR) is 116 cm³/mol. The lowest BCUT2D eigenvalue weighted by Gasteiger charge is -2.38. The van der Waals surface area contributed by atoms with E-state index in [0.717, 1.165) is 18.1 Å². The highest BCUT2D eigenvalue weighted by atomic mass is 127. The second kappa shape index (κ2) is 11.4. The molecule has 6 nitrogen and oxygen atoms in total. The molecule has 1 aliphatic rings. The standard InChI is InChI=1S/C19H29FN4O2.HI/c1-5-21-19(22-11-10-18(25)23(3)4)24-12-14(2)26-17(13-24)15-6-8-16(20)9-7-15;/h6-9,14,17H,5,10-13H2,1-4H3,(H,21,22);1H. The van der Waals surface area contributed by atoms with Gasteiger partial charge in [-0.15, -0.1) is 24.0 Å². The molecule has 27 heavy (non-hydrogen) atoms. The van der Waals surface area contributed by atoms with Crippen molar-refractivity contribution in [2.75, 3.05) is 40.3 Å². The van der Waals surface area contributed by atoms with Crippen LogP contribution < -0.4 is 5.32 Å². The maximum atomic E-state index is 13.2. The summed E-state index contributed by atoms with van der Waals surface area (Å²) in [6, 6.07) is 6.43. The lowest BCUT2D eigenvalue weighted by Crippen LogP contribution is -2.50. The van der Waals surface area contributed by atoms with Crippen molar-refractivity contribution in [3.8, 4) is 0 Å². The minimum atomic E-state index is -0.255. The SMILES string of the molecule is CCNC(=NCCC(=O)N(C)C)N1CC(C)OC(c2ccc(F)cc2)C1.I. The smallest absolute Gasteiger partial charge is 0.223 e. The molecule has 8 heteroatoms. The van der Waals surface area contributed by atoms with E-state index in [1.165, 1.54) is 12.1 Å². The molecule has 1 fully saturated rings. The number of carbonyl (C=O) groups excluding carboxylic acids is 1. The summed E-state index contributed by atoms with van der Waals surface area (Å²) in [6.07, 6.45) is 0.251. The summed E-state index contributed by atoms with van der Waals surface area (Å²) in [5.41, 5.74) is 0.946. The fraction of sp³-hybridized carbons (Fsp3) is 0.579. The average molecular weight is 492 g/mol. The minimum absolute atomic E-state index is 0. The van der Waals surface area contributed by atoms with Crippen molar-refractivity contribution in [1.29, 1.82) is 0 Å². The second-order valence-corrected chi connectivity index (χ2v) is 6.67. The van der Waals surface area contributed by atoms with Gasteiger partial charge in [0.1, 0.15) is 11.9 Å². The third kappa shape index (κ3) is 7.25. The number of amides is 1. The zero-order valence-corrected chi connectivity index (χ0v) is 18.8. The Morgan fingerprint density at radius 1 is 1.33 bits per heavy atom. The molecule has 2 rings (SSSR count). The number of hydrogen-bond donors (Lipinski definition) is 1. The van der Waals surface area contributed by atoms with Crippen molar-refractivity contribution >= 4 is 35.8 Å². The Morgan fingerprint density at radius 2 is 2.00 bits per heavy atom. The van der Waals surface area contributed by atoms with Crippen LogP contribution >= 0.6 is 24.0 Å². The Kier molecular flexibility index (Phi) is 10.00. The molecule has 0 spiro atoms. The molecule has 1 heterocycles. The summed E-state index contributed by atoms with van der Waals surface area (Å²) in [4.78, 5) is 20.1. The number of benzene rings is 1. The molecule has 1 amide bonds. The van der Waals surface area contributed by atoms with E-state index < -0.39 is 0 Å². The monoisotopic (exact) mass is 492 g/mol. The van der Waals surface area contributed by atoms with E-state index >= 15 is 0 Å². The van der Waals surface area contributed by atoms with E-state index in [2.05, 4.69) is 15.2 Å². The predicted octanol–water partition coefficient (Wildman–Crippen LogP) is 2.65. The summed E-state index contributed by atoms with van der Waals surface area (Å²) >= 11 is 0. The van der Waals surface area contributed by atoms with Crippen LogP contribution in [0.1, 0.15) is 31.9 Å². The third-order valence-corrected chi connectivity index (χ3v) is 4.22. The van der Waals surface area contributed by atoms with Gasteiger partial charge >= 0.3 is 0 Å². The highest BCUT2D eigenvalue weighted by Crippen LogP contribution is 2.25. The topological polar surface area (TPSA) is 57.2 Å². The van der Waals surface area contributed by atoms with Gasteiger partial charge in [0, 0.05) is 33.6 Å². The molecule has 0 bridgehead atoms. The first kappa shape index (κ1) is 23.6. The number of guanidine groups is 1. The van der Waals surface area contributed by atoms with Crippen LogP contribution in [0.15, 0.2) is 29.3 Å². The van der Waals surface area contributed by atoms with E-state index in [-0.39, 0.29) is 47.9 Å². The minimum Gasteiger partial charge on any atom is -0.367 e. The Hall–Kier alpha value is -1.42. The Morgan fingerprint density at radius 3 is 2.59 bits per heavy atom. The highest BCUT2D eigenvalue weighted by molar-refractivity contribution is 14.0. The van der Waals surface area contributed by atoms with Crippen molar-refractivity contribution in [1.82, 2.24) is 15.1 Å². The molecule has 1 aliphatic heterocycles. The number of morpholine rings is 1. The third-order valence-electron chi connectivity index (χ3n) is 4.22. The van der Waals surface area contributed by atoms with Gasteiger partial charge in [0.05, 0.1) is 19.2 Å². The average Bonchev–Trinajstić information content (AvgIpc) is 2.60. The number of rotatable bonds is 5. The van der Waals surface area contributed by atoms with Crippen LogP contribution in [0.3, 0.4) is 0 Å². The molecule has 0 saturated carbocycles. The van der Waals surface area contributed by atoms with E-state index in [1.54, 1.807) is 31.1 Å². The lowest BCUT2D eigenvalue weighted by molar-refractivity contribution is -0.128. The zero-order valence-electron chi connectivity index (χ0n) is 16.4. The molecular weight excluding hydrogens is 462 g/mol. The molecule has 2 atom stereocenters. The maximum absolute atomic E-state index is 13.2. The van der Waals surface area contributed by atoms with Gasteiger partial charge in [-0.3, -0.25) is 9.79 Å². The molecular formula is C19H30FIN4O2. The lowest BCUT2D eigenvalue weighted by atomic mass is 10.1. The zero-order chi connectivity index (χ0) is 19.1. The number of hydrogen-bond acceptors (Lipinski definition) is 3. The fourth-order valence-corrected chi connectivity index (χ4v) is 2.89. The second-order valence-electron chi connectivity index (χ2n) is 6.67. The van der Waals surface area contributed by atoms with Crippen molar-refractivity contribution < 1.29 is 13.9 Å². The van der Waals surface area contributed by atoms with Crippen LogP contribution in [-0.4, -0.2) is 68.0 Å². The fourth-order valence-electron chi connectivity index (χ4n) is 2.89. The Labute approximate surface area is 178 Å². The van der Waals surface area contributed by atoms with Gasteiger partial charge in [0.2, 0.25) is 5.91 Å². The summed E-state index contributed by atoms with van der Waals surface area (Å²) in [7, 11) is 3.49. The number of halogens is 2. The molecule has 1 N–H and O–H groups in total.